The van der Waals surface area contributed by atoms with E-state index in [0.717, 1.165) is 13.1 Å². The first-order valence-corrected chi connectivity index (χ1v) is 8.03. The van der Waals surface area contributed by atoms with Crippen LogP contribution in [0.15, 0.2) is 0 Å². The van der Waals surface area contributed by atoms with Crippen molar-refractivity contribution in [2.75, 3.05) is 33.4 Å². The van der Waals surface area contributed by atoms with Gasteiger partial charge in [0.25, 0.3) is 0 Å². The summed E-state index contributed by atoms with van der Waals surface area (Å²) in [6.45, 7) is 15.0. The normalized spacial score (nSPS) is 17.3. The Labute approximate surface area is 130 Å². The molecule has 0 saturated heterocycles. The lowest BCUT2D eigenvalue weighted by atomic mass is 9.92. The first kappa shape index (κ1) is 20.3. The molecular weight excluding hydrogens is 268 g/mol. The zero-order valence-corrected chi connectivity index (χ0v) is 14.9. The van der Waals surface area contributed by atoms with Crippen molar-refractivity contribution in [2.24, 2.45) is 0 Å². The fourth-order valence-corrected chi connectivity index (χ4v) is 3.01. The summed E-state index contributed by atoms with van der Waals surface area (Å²) >= 11 is 0. The largest absolute Gasteiger partial charge is 0.465 e. The summed E-state index contributed by atoms with van der Waals surface area (Å²) in [5, 5.41) is 3.29. The lowest BCUT2D eigenvalue weighted by molar-refractivity contribution is -0.151. The van der Waals surface area contributed by atoms with Gasteiger partial charge in [0.05, 0.1) is 13.2 Å². The smallest absolute Gasteiger partial charge is 0.326 e. The average molecular weight is 302 g/mol. The van der Waals surface area contributed by atoms with E-state index in [-0.39, 0.29) is 12.0 Å². The molecular formula is C16H34N2O3. The van der Waals surface area contributed by atoms with Crippen LogP contribution in [0.25, 0.3) is 0 Å². The standard InChI is InChI=1S/C16H34N2O3/c1-8-17-16(6,15(19)21-10-3)11-13(4)18(9-2)14(5)12-20-7/h13-14,17H,8-12H2,1-7H3. The summed E-state index contributed by atoms with van der Waals surface area (Å²) in [6, 6.07) is 0.580. The highest BCUT2D eigenvalue weighted by Gasteiger charge is 2.37. The summed E-state index contributed by atoms with van der Waals surface area (Å²) in [4.78, 5) is 14.6. The van der Waals surface area contributed by atoms with Gasteiger partial charge in [-0.2, -0.15) is 0 Å². The maximum absolute atomic E-state index is 12.3. The maximum Gasteiger partial charge on any atom is 0.326 e. The molecule has 5 nitrogen and oxygen atoms in total. The highest BCUT2D eigenvalue weighted by molar-refractivity contribution is 5.80. The molecule has 5 heteroatoms. The maximum atomic E-state index is 12.3. The lowest BCUT2D eigenvalue weighted by Gasteiger charge is -2.38. The number of hydrogen-bond acceptors (Lipinski definition) is 5. The molecule has 0 aliphatic heterocycles. The van der Waals surface area contributed by atoms with Crippen LogP contribution in [0.5, 0.6) is 0 Å². The molecule has 0 aliphatic carbocycles. The van der Waals surface area contributed by atoms with Gasteiger partial charge < -0.3 is 14.8 Å². The molecule has 0 heterocycles. The third-order valence-corrected chi connectivity index (χ3v) is 3.90. The molecule has 0 bridgehead atoms. The van der Waals surface area contributed by atoms with Gasteiger partial charge in [-0.15, -0.1) is 0 Å². The number of ether oxygens (including phenoxy) is 2. The summed E-state index contributed by atoms with van der Waals surface area (Å²) in [5.74, 6) is -0.172. The third-order valence-electron chi connectivity index (χ3n) is 3.90. The number of carbonyl (C=O) groups excluding carboxylic acids is 1. The number of esters is 1. The quantitative estimate of drug-likeness (QED) is 0.592. The van der Waals surface area contributed by atoms with Crippen LogP contribution in [-0.4, -0.2) is 61.9 Å². The number of likely N-dealkylation sites (N-methyl/N-ethyl adjacent to an activating group) is 2. The van der Waals surface area contributed by atoms with Gasteiger partial charge in [-0.05, 0) is 47.2 Å². The van der Waals surface area contributed by atoms with Crippen LogP contribution >= 0.6 is 0 Å². The molecule has 0 aromatic rings. The van der Waals surface area contributed by atoms with E-state index in [1.165, 1.54) is 0 Å². The number of nitrogens with one attached hydrogen (secondary N) is 1. The topological polar surface area (TPSA) is 50.8 Å². The highest BCUT2D eigenvalue weighted by atomic mass is 16.5. The van der Waals surface area contributed by atoms with E-state index in [1.54, 1.807) is 7.11 Å². The number of carbonyl (C=O) groups is 1. The fourth-order valence-electron chi connectivity index (χ4n) is 3.01. The molecule has 0 saturated carbocycles. The van der Waals surface area contributed by atoms with E-state index in [1.807, 2.05) is 20.8 Å². The molecule has 126 valence electrons. The van der Waals surface area contributed by atoms with Crippen LogP contribution in [0, 0.1) is 0 Å². The van der Waals surface area contributed by atoms with Gasteiger partial charge in [0.15, 0.2) is 0 Å². The Hall–Kier alpha value is -0.650. The van der Waals surface area contributed by atoms with Crippen LogP contribution < -0.4 is 5.32 Å². The zero-order chi connectivity index (χ0) is 16.5. The summed E-state index contributed by atoms with van der Waals surface area (Å²) in [7, 11) is 1.72. The first-order chi connectivity index (χ1) is 9.86. The van der Waals surface area contributed by atoms with Gasteiger partial charge in [0.1, 0.15) is 5.54 Å². The summed E-state index contributed by atoms with van der Waals surface area (Å²) in [5.41, 5.74) is -0.648. The highest BCUT2D eigenvalue weighted by Crippen LogP contribution is 2.20. The van der Waals surface area contributed by atoms with Gasteiger partial charge in [0, 0.05) is 19.2 Å². The monoisotopic (exact) mass is 302 g/mol. The van der Waals surface area contributed by atoms with E-state index in [4.69, 9.17) is 9.47 Å². The minimum Gasteiger partial charge on any atom is -0.465 e. The van der Waals surface area contributed by atoms with Crippen LogP contribution in [0.3, 0.4) is 0 Å². The van der Waals surface area contributed by atoms with Crippen LogP contribution in [0.4, 0.5) is 0 Å². The van der Waals surface area contributed by atoms with Crippen molar-refractivity contribution >= 4 is 5.97 Å². The van der Waals surface area contributed by atoms with E-state index in [2.05, 4.69) is 31.0 Å². The number of methoxy groups -OCH3 is 1. The lowest BCUT2D eigenvalue weighted by Crippen LogP contribution is -2.55. The molecule has 0 aromatic heterocycles. The number of rotatable bonds is 11. The number of hydrogen-bond donors (Lipinski definition) is 1. The zero-order valence-electron chi connectivity index (χ0n) is 14.9. The van der Waals surface area contributed by atoms with E-state index in [0.29, 0.717) is 25.7 Å². The van der Waals surface area contributed by atoms with Crippen molar-refractivity contribution in [2.45, 2.75) is 65.6 Å². The first-order valence-electron chi connectivity index (χ1n) is 8.03. The molecule has 21 heavy (non-hydrogen) atoms. The van der Waals surface area contributed by atoms with Gasteiger partial charge in [-0.25, -0.2) is 0 Å². The van der Waals surface area contributed by atoms with Crippen LogP contribution in [0.2, 0.25) is 0 Å². The van der Waals surface area contributed by atoms with Gasteiger partial charge in [-0.3, -0.25) is 9.69 Å². The Morgan fingerprint density at radius 2 is 1.86 bits per heavy atom. The van der Waals surface area contributed by atoms with Gasteiger partial charge in [-0.1, -0.05) is 13.8 Å². The van der Waals surface area contributed by atoms with E-state index >= 15 is 0 Å². The summed E-state index contributed by atoms with van der Waals surface area (Å²) in [6.07, 6.45) is 0.710. The Morgan fingerprint density at radius 3 is 2.29 bits per heavy atom. The van der Waals surface area contributed by atoms with Crippen molar-refractivity contribution in [3.05, 3.63) is 0 Å². The molecule has 0 radical (unpaired) electrons. The predicted molar refractivity (Wildman–Crippen MR) is 86.5 cm³/mol. The molecule has 0 amide bonds. The predicted octanol–water partition coefficient (Wildman–Crippen LogP) is 2.05. The Bertz CT molecular complexity index is 299. The second-order valence-corrected chi connectivity index (χ2v) is 5.77. The molecule has 0 aromatic carbocycles. The molecule has 1 N–H and O–H groups in total. The molecule has 0 rings (SSSR count). The SMILES string of the molecule is CCNC(C)(CC(C)N(CC)C(C)COC)C(=O)OCC. The van der Waals surface area contributed by atoms with E-state index < -0.39 is 5.54 Å². The molecule has 0 fully saturated rings. The molecule has 0 spiro atoms. The Balaban J connectivity index is 4.92. The van der Waals surface area contributed by atoms with Gasteiger partial charge >= 0.3 is 5.97 Å². The van der Waals surface area contributed by atoms with Crippen LogP contribution in [0.1, 0.15) is 48.0 Å². The minimum atomic E-state index is -0.648. The molecule has 3 unspecified atom stereocenters. The second-order valence-electron chi connectivity index (χ2n) is 5.77. The van der Waals surface area contributed by atoms with Crippen molar-refractivity contribution in [3.8, 4) is 0 Å². The summed E-state index contributed by atoms with van der Waals surface area (Å²) < 4.78 is 10.5. The van der Waals surface area contributed by atoms with Gasteiger partial charge in [0.2, 0.25) is 0 Å². The molecule has 3 atom stereocenters. The van der Waals surface area contributed by atoms with Crippen molar-refractivity contribution in [3.63, 3.8) is 0 Å². The minimum absolute atomic E-state index is 0.172. The Morgan fingerprint density at radius 1 is 1.24 bits per heavy atom. The third kappa shape index (κ3) is 6.32. The average Bonchev–Trinajstić information content (AvgIpc) is 2.40. The van der Waals surface area contributed by atoms with Crippen molar-refractivity contribution < 1.29 is 14.3 Å². The van der Waals surface area contributed by atoms with Crippen molar-refractivity contribution in [1.82, 2.24) is 10.2 Å². The van der Waals surface area contributed by atoms with Crippen LogP contribution in [-0.2, 0) is 14.3 Å². The van der Waals surface area contributed by atoms with E-state index in [9.17, 15) is 4.79 Å². The second kappa shape index (κ2) is 10.1. The number of nitrogens with zero attached hydrogens (tertiary/aromatic N) is 1. The van der Waals surface area contributed by atoms with Crippen molar-refractivity contribution in [1.29, 1.82) is 0 Å². The Kier molecular flexibility index (Phi) is 9.83. The molecule has 0 aliphatic rings. The fraction of sp³-hybridized carbons (Fsp3) is 0.938.